The Labute approximate surface area is 111 Å². The summed E-state index contributed by atoms with van der Waals surface area (Å²) < 4.78 is 0. The molecule has 1 aliphatic carbocycles. The lowest BCUT2D eigenvalue weighted by atomic mass is 9.97. The molecule has 1 saturated carbocycles. The predicted molar refractivity (Wildman–Crippen MR) is 74.1 cm³/mol. The third kappa shape index (κ3) is 2.71. The Kier molecular flexibility index (Phi) is 4.31. The summed E-state index contributed by atoms with van der Waals surface area (Å²) in [5.41, 5.74) is 0. The van der Waals surface area contributed by atoms with Gasteiger partial charge in [-0.3, -0.25) is 10.1 Å². The Morgan fingerprint density at radius 1 is 1.28 bits per heavy atom. The summed E-state index contributed by atoms with van der Waals surface area (Å²) in [6.07, 6.45) is 6.44. The molecular weight excluding hydrogens is 224 g/mol. The maximum Gasteiger partial charge on any atom is 0.241 e. The lowest BCUT2D eigenvalue weighted by molar-refractivity contribution is -0.133. The lowest BCUT2D eigenvalue weighted by Gasteiger charge is -2.32. The summed E-state index contributed by atoms with van der Waals surface area (Å²) >= 11 is 0. The largest absolute Gasteiger partial charge is 0.323 e. The Bertz CT molecular complexity index is 297. The van der Waals surface area contributed by atoms with Crippen LogP contribution in [0.15, 0.2) is 0 Å². The average molecular weight is 252 g/mol. The van der Waals surface area contributed by atoms with Crippen molar-refractivity contribution in [3.63, 3.8) is 0 Å². The first-order valence-corrected chi connectivity index (χ1v) is 7.59. The van der Waals surface area contributed by atoms with Crippen molar-refractivity contribution in [1.82, 2.24) is 10.2 Å². The Balaban J connectivity index is 2.01. The van der Waals surface area contributed by atoms with Gasteiger partial charge in [0.25, 0.3) is 0 Å². The number of carbonyl (C=O) groups excluding carboxylic acids is 1. The minimum atomic E-state index is 0.0452. The second-order valence-electron chi connectivity index (χ2n) is 6.56. The molecule has 0 aromatic heterocycles. The van der Waals surface area contributed by atoms with Gasteiger partial charge in [0.2, 0.25) is 5.91 Å². The van der Waals surface area contributed by atoms with E-state index in [2.05, 4.69) is 37.9 Å². The fraction of sp³-hybridized carbons (Fsp3) is 0.933. The number of hydrogen-bond donors (Lipinski definition) is 1. The number of nitrogens with zero attached hydrogens (tertiary/aromatic N) is 1. The molecule has 1 aliphatic heterocycles. The fourth-order valence-electron chi connectivity index (χ4n) is 3.67. The molecule has 1 heterocycles. The molecule has 3 unspecified atom stereocenters. The van der Waals surface area contributed by atoms with Crippen LogP contribution in [0.4, 0.5) is 0 Å². The topological polar surface area (TPSA) is 32.3 Å². The number of hydrogen-bond acceptors (Lipinski definition) is 2. The number of nitrogens with one attached hydrogen (secondary N) is 1. The van der Waals surface area contributed by atoms with E-state index in [-0.39, 0.29) is 12.2 Å². The summed E-state index contributed by atoms with van der Waals surface area (Å²) in [7, 11) is 0. The summed E-state index contributed by atoms with van der Waals surface area (Å²) in [5.74, 6) is 1.62. The van der Waals surface area contributed by atoms with Gasteiger partial charge in [-0.2, -0.15) is 0 Å². The SMILES string of the molecule is CC(C)CC1NC(C)N(C(C)C2CCCC2)C1=O. The van der Waals surface area contributed by atoms with E-state index in [1.54, 1.807) is 0 Å². The van der Waals surface area contributed by atoms with Gasteiger partial charge in [0, 0.05) is 6.04 Å². The first-order valence-electron chi connectivity index (χ1n) is 7.59. The molecule has 2 fully saturated rings. The van der Waals surface area contributed by atoms with Crippen molar-refractivity contribution in [1.29, 1.82) is 0 Å². The van der Waals surface area contributed by atoms with Gasteiger partial charge in [-0.05, 0) is 44.9 Å². The van der Waals surface area contributed by atoms with Crippen LogP contribution in [0.5, 0.6) is 0 Å². The first-order chi connectivity index (χ1) is 8.50. The molecule has 3 atom stereocenters. The van der Waals surface area contributed by atoms with Gasteiger partial charge in [-0.25, -0.2) is 0 Å². The van der Waals surface area contributed by atoms with E-state index in [1.807, 2.05) is 0 Å². The third-order valence-corrected chi connectivity index (χ3v) is 4.64. The van der Waals surface area contributed by atoms with E-state index in [4.69, 9.17) is 0 Å². The second-order valence-corrected chi connectivity index (χ2v) is 6.56. The average Bonchev–Trinajstić information content (AvgIpc) is 2.87. The van der Waals surface area contributed by atoms with Crippen LogP contribution >= 0.6 is 0 Å². The standard InChI is InChI=1S/C15H28N2O/c1-10(2)9-14-15(18)17(12(4)16-14)11(3)13-7-5-6-8-13/h10-14,16H,5-9H2,1-4H3. The van der Waals surface area contributed by atoms with E-state index in [9.17, 15) is 4.79 Å². The molecule has 3 heteroatoms. The highest BCUT2D eigenvalue weighted by molar-refractivity contribution is 5.84. The van der Waals surface area contributed by atoms with Crippen LogP contribution < -0.4 is 5.32 Å². The predicted octanol–water partition coefficient (Wildman–Crippen LogP) is 2.76. The van der Waals surface area contributed by atoms with Crippen molar-refractivity contribution in [2.45, 2.75) is 78.0 Å². The fourth-order valence-corrected chi connectivity index (χ4v) is 3.67. The molecule has 1 amide bonds. The van der Waals surface area contributed by atoms with E-state index < -0.39 is 0 Å². The van der Waals surface area contributed by atoms with Gasteiger partial charge >= 0.3 is 0 Å². The van der Waals surface area contributed by atoms with Gasteiger partial charge in [-0.15, -0.1) is 0 Å². The molecule has 0 bridgehead atoms. The Morgan fingerprint density at radius 2 is 1.89 bits per heavy atom. The summed E-state index contributed by atoms with van der Waals surface area (Å²) in [4.78, 5) is 14.6. The third-order valence-electron chi connectivity index (χ3n) is 4.64. The molecule has 0 aromatic rings. The van der Waals surface area contributed by atoms with Crippen LogP contribution in [0.1, 0.15) is 59.8 Å². The van der Waals surface area contributed by atoms with Gasteiger partial charge in [-0.1, -0.05) is 26.7 Å². The van der Waals surface area contributed by atoms with E-state index in [1.165, 1.54) is 25.7 Å². The van der Waals surface area contributed by atoms with Crippen LogP contribution in [0.2, 0.25) is 0 Å². The second kappa shape index (κ2) is 5.60. The van der Waals surface area contributed by atoms with Gasteiger partial charge in [0.05, 0.1) is 12.2 Å². The summed E-state index contributed by atoms with van der Waals surface area (Å²) in [6, 6.07) is 0.448. The van der Waals surface area contributed by atoms with Crippen molar-refractivity contribution in [3.8, 4) is 0 Å². The number of amides is 1. The molecule has 1 saturated heterocycles. The molecule has 0 aromatic carbocycles. The Hall–Kier alpha value is -0.570. The summed E-state index contributed by atoms with van der Waals surface area (Å²) in [6.45, 7) is 8.73. The van der Waals surface area contributed by atoms with Crippen molar-refractivity contribution in [3.05, 3.63) is 0 Å². The normalized spacial score (nSPS) is 31.6. The highest BCUT2D eigenvalue weighted by atomic mass is 16.2. The van der Waals surface area contributed by atoms with Gasteiger partial charge in [0.1, 0.15) is 0 Å². The lowest BCUT2D eigenvalue weighted by Crippen LogP contribution is -2.44. The zero-order chi connectivity index (χ0) is 13.3. The number of rotatable bonds is 4. The van der Waals surface area contributed by atoms with Crippen molar-refractivity contribution >= 4 is 5.91 Å². The van der Waals surface area contributed by atoms with E-state index in [0.717, 1.165) is 12.3 Å². The van der Waals surface area contributed by atoms with Gasteiger partial charge in [0.15, 0.2) is 0 Å². The zero-order valence-electron chi connectivity index (χ0n) is 12.3. The Morgan fingerprint density at radius 3 is 2.44 bits per heavy atom. The molecule has 104 valence electrons. The number of carbonyl (C=O) groups is 1. The van der Waals surface area contributed by atoms with Crippen LogP contribution in [0, 0.1) is 11.8 Å². The minimum Gasteiger partial charge on any atom is -0.323 e. The van der Waals surface area contributed by atoms with Gasteiger partial charge < -0.3 is 4.90 Å². The molecule has 0 spiro atoms. The minimum absolute atomic E-state index is 0.0452. The maximum absolute atomic E-state index is 12.5. The van der Waals surface area contributed by atoms with Crippen LogP contribution in [-0.2, 0) is 4.79 Å². The molecule has 1 N–H and O–H groups in total. The monoisotopic (exact) mass is 252 g/mol. The zero-order valence-corrected chi connectivity index (χ0v) is 12.3. The summed E-state index contributed by atoms with van der Waals surface area (Å²) in [5, 5.41) is 3.47. The van der Waals surface area contributed by atoms with Crippen LogP contribution in [0.3, 0.4) is 0 Å². The molecule has 2 rings (SSSR count). The molecule has 0 radical (unpaired) electrons. The van der Waals surface area contributed by atoms with Crippen molar-refractivity contribution in [2.75, 3.05) is 0 Å². The molecule has 18 heavy (non-hydrogen) atoms. The van der Waals surface area contributed by atoms with E-state index >= 15 is 0 Å². The van der Waals surface area contributed by atoms with Crippen LogP contribution in [-0.4, -0.2) is 29.1 Å². The molecular formula is C15H28N2O. The van der Waals surface area contributed by atoms with Crippen LogP contribution in [0.25, 0.3) is 0 Å². The van der Waals surface area contributed by atoms with Crippen molar-refractivity contribution < 1.29 is 4.79 Å². The maximum atomic E-state index is 12.5. The first kappa shape index (κ1) is 13.9. The molecule has 3 nitrogen and oxygen atoms in total. The quantitative estimate of drug-likeness (QED) is 0.834. The highest BCUT2D eigenvalue weighted by Crippen LogP contribution is 2.32. The highest BCUT2D eigenvalue weighted by Gasteiger charge is 2.41. The smallest absolute Gasteiger partial charge is 0.241 e. The van der Waals surface area contributed by atoms with E-state index in [0.29, 0.717) is 17.9 Å². The molecule has 2 aliphatic rings. The van der Waals surface area contributed by atoms with Crippen molar-refractivity contribution in [2.24, 2.45) is 11.8 Å².